The van der Waals surface area contributed by atoms with Gasteiger partial charge in [0.25, 0.3) is 0 Å². The van der Waals surface area contributed by atoms with Crippen molar-refractivity contribution in [2.75, 3.05) is 25.1 Å². The highest BCUT2D eigenvalue weighted by molar-refractivity contribution is 7.98. The molecule has 1 atom stereocenters. The zero-order valence-corrected chi connectivity index (χ0v) is 19.8. The van der Waals surface area contributed by atoms with Gasteiger partial charge in [0, 0.05) is 30.2 Å². The molecule has 1 aliphatic heterocycles. The molecule has 0 saturated carbocycles. The molecule has 0 aliphatic carbocycles. The number of likely N-dealkylation sites (tertiary alicyclic amines) is 1. The van der Waals surface area contributed by atoms with E-state index in [0.717, 1.165) is 18.4 Å². The molecule has 0 bridgehead atoms. The van der Waals surface area contributed by atoms with Gasteiger partial charge in [0.2, 0.25) is 15.9 Å². The largest absolute Gasteiger partial charge is 0.358 e. The Bertz CT molecular complexity index is 1120. The van der Waals surface area contributed by atoms with Gasteiger partial charge in [-0.05, 0) is 60.9 Å². The maximum atomic E-state index is 13.3. The highest BCUT2D eigenvalue weighted by atomic mass is 32.2. The molecule has 170 valence electrons. The van der Waals surface area contributed by atoms with Crippen LogP contribution in [0.2, 0.25) is 0 Å². The van der Waals surface area contributed by atoms with E-state index in [0.29, 0.717) is 31.2 Å². The number of fused-ring (bicyclic) bond motifs is 1. The first-order valence-corrected chi connectivity index (χ1v) is 13.8. The Labute approximate surface area is 193 Å². The van der Waals surface area contributed by atoms with E-state index in [4.69, 9.17) is 0 Å². The van der Waals surface area contributed by atoms with Crippen LogP contribution in [-0.2, 0) is 14.8 Å². The number of piperidine rings is 1. The molecule has 0 radical (unpaired) electrons. The molecule has 2 N–H and O–H groups in total. The van der Waals surface area contributed by atoms with Crippen LogP contribution in [0.25, 0.3) is 10.9 Å². The Morgan fingerprint density at radius 2 is 1.81 bits per heavy atom. The molecule has 2 heterocycles. The van der Waals surface area contributed by atoms with E-state index in [1.807, 2.05) is 23.3 Å². The summed E-state index contributed by atoms with van der Waals surface area (Å²) < 4.78 is 28.3. The van der Waals surface area contributed by atoms with Crippen molar-refractivity contribution in [1.82, 2.24) is 14.6 Å². The van der Waals surface area contributed by atoms with Crippen LogP contribution in [-0.4, -0.2) is 55.3 Å². The SMILES string of the molecule is CSCCC(NS(=O)(=O)c1ccccc1)C(=O)N1CCC(c2cc3ccccc3[nH]2)CC1. The lowest BCUT2D eigenvalue weighted by Crippen LogP contribution is -2.50. The molecule has 4 rings (SSSR count). The normalized spacial score (nSPS) is 16.3. The lowest BCUT2D eigenvalue weighted by molar-refractivity contribution is -0.134. The second kappa shape index (κ2) is 10.1. The number of hydrogen-bond donors (Lipinski definition) is 2. The first-order chi connectivity index (χ1) is 15.5. The number of nitrogens with zero attached hydrogens (tertiary/aromatic N) is 1. The molecule has 1 aliphatic rings. The molecule has 2 aromatic carbocycles. The summed E-state index contributed by atoms with van der Waals surface area (Å²) in [5.74, 6) is 0.949. The lowest BCUT2D eigenvalue weighted by atomic mass is 9.93. The van der Waals surface area contributed by atoms with Crippen molar-refractivity contribution in [3.05, 3.63) is 66.4 Å². The highest BCUT2D eigenvalue weighted by Gasteiger charge is 2.32. The van der Waals surface area contributed by atoms with E-state index < -0.39 is 16.1 Å². The Balaban J connectivity index is 1.42. The van der Waals surface area contributed by atoms with Crippen molar-refractivity contribution < 1.29 is 13.2 Å². The average Bonchev–Trinajstić information content (AvgIpc) is 3.26. The van der Waals surface area contributed by atoms with Gasteiger partial charge < -0.3 is 9.88 Å². The zero-order valence-electron chi connectivity index (χ0n) is 18.2. The second-order valence-corrected chi connectivity index (χ2v) is 10.9. The molecule has 1 fully saturated rings. The first-order valence-electron chi connectivity index (χ1n) is 10.9. The van der Waals surface area contributed by atoms with E-state index in [2.05, 4.69) is 27.9 Å². The topological polar surface area (TPSA) is 82.3 Å². The minimum Gasteiger partial charge on any atom is -0.358 e. The number of carbonyl (C=O) groups excluding carboxylic acids is 1. The van der Waals surface area contributed by atoms with Crippen molar-refractivity contribution >= 4 is 38.6 Å². The van der Waals surface area contributed by atoms with Crippen LogP contribution < -0.4 is 4.72 Å². The maximum absolute atomic E-state index is 13.3. The van der Waals surface area contributed by atoms with E-state index in [1.54, 1.807) is 42.1 Å². The number of para-hydroxylation sites is 1. The molecular weight excluding hydrogens is 442 g/mol. The van der Waals surface area contributed by atoms with Gasteiger partial charge in [-0.15, -0.1) is 0 Å². The van der Waals surface area contributed by atoms with E-state index in [9.17, 15) is 13.2 Å². The number of amides is 1. The van der Waals surface area contributed by atoms with Gasteiger partial charge in [0.15, 0.2) is 0 Å². The number of benzene rings is 2. The Morgan fingerprint density at radius 1 is 1.12 bits per heavy atom. The number of aromatic nitrogens is 1. The van der Waals surface area contributed by atoms with E-state index >= 15 is 0 Å². The third-order valence-corrected chi connectivity index (χ3v) is 8.19. The fraction of sp³-hybridized carbons (Fsp3) is 0.375. The molecule has 8 heteroatoms. The number of H-pyrrole nitrogens is 1. The van der Waals surface area contributed by atoms with Gasteiger partial charge in [0.05, 0.1) is 4.90 Å². The fourth-order valence-corrected chi connectivity index (χ4v) is 5.99. The molecule has 32 heavy (non-hydrogen) atoms. The van der Waals surface area contributed by atoms with Crippen molar-refractivity contribution in [3.63, 3.8) is 0 Å². The summed E-state index contributed by atoms with van der Waals surface area (Å²) in [4.78, 5) is 18.8. The quantitative estimate of drug-likeness (QED) is 0.521. The second-order valence-electron chi connectivity index (χ2n) is 8.18. The predicted octanol–water partition coefficient (Wildman–Crippen LogP) is 3.97. The minimum absolute atomic E-state index is 0.131. The van der Waals surface area contributed by atoms with Crippen LogP contribution in [0.3, 0.4) is 0 Å². The number of nitrogens with one attached hydrogen (secondary N) is 2. The summed E-state index contributed by atoms with van der Waals surface area (Å²) in [6, 6.07) is 17.9. The standard InChI is InChI=1S/C24H29N3O3S2/c1-31-16-13-22(26-32(29,30)20-8-3-2-4-9-20)24(28)27-14-11-18(12-15-27)23-17-19-7-5-6-10-21(19)25-23/h2-10,17-18,22,25-26H,11-16H2,1H3. The van der Waals surface area contributed by atoms with Gasteiger partial charge in [0.1, 0.15) is 6.04 Å². The first kappa shape index (κ1) is 22.9. The number of aromatic amines is 1. The van der Waals surface area contributed by atoms with Crippen molar-refractivity contribution in [3.8, 4) is 0 Å². The van der Waals surface area contributed by atoms with Gasteiger partial charge in [-0.3, -0.25) is 4.79 Å². The van der Waals surface area contributed by atoms with Crippen molar-refractivity contribution in [2.45, 2.75) is 36.1 Å². The Morgan fingerprint density at radius 3 is 2.50 bits per heavy atom. The van der Waals surface area contributed by atoms with E-state index in [-0.39, 0.29) is 10.8 Å². The zero-order chi connectivity index (χ0) is 22.6. The summed E-state index contributed by atoms with van der Waals surface area (Å²) in [5, 5.41) is 1.20. The number of sulfonamides is 1. The summed E-state index contributed by atoms with van der Waals surface area (Å²) >= 11 is 1.61. The number of thioether (sulfide) groups is 1. The van der Waals surface area contributed by atoms with Crippen molar-refractivity contribution in [2.24, 2.45) is 0 Å². The molecule has 1 saturated heterocycles. The Kier molecular flexibility index (Phi) is 7.23. The number of rotatable bonds is 8. The van der Waals surface area contributed by atoms with Gasteiger partial charge >= 0.3 is 0 Å². The average molecular weight is 472 g/mol. The van der Waals surface area contributed by atoms with Crippen LogP contribution in [0, 0.1) is 0 Å². The highest BCUT2D eigenvalue weighted by Crippen LogP contribution is 2.30. The van der Waals surface area contributed by atoms with Crippen molar-refractivity contribution in [1.29, 1.82) is 0 Å². The van der Waals surface area contributed by atoms with Crippen LogP contribution in [0.5, 0.6) is 0 Å². The molecule has 0 spiro atoms. The van der Waals surface area contributed by atoms with Crippen LogP contribution in [0.4, 0.5) is 0 Å². The van der Waals surface area contributed by atoms with Gasteiger partial charge in [-0.2, -0.15) is 16.5 Å². The molecule has 1 amide bonds. The molecular formula is C24H29N3O3S2. The monoisotopic (exact) mass is 471 g/mol. The third kappa shape index (κ3) is 5.19. The maximum Gasteiger partial charge on any atom is 0.241 e. The Hall–Kier alpha value is -2.29. The molecule has 6 nitrogen and oxygen atoms in total. The lowest BCUT2D eigenvalue weighted by Gasteiger charge is -2.34. The van der Waals surface area contributed by atoms with Crippen LogP contribution >= 0.6 is 11.8 Å². The van der Waals surface area contributed by atoms with Crippen LogP contribution in [0.1, 0.15) is 30.9 Å². The summed E-state index contributed by atoms with van der Waals surface area (Å²) in [6.07, 6.45) is 4.14. The number of hydrogen-bond acceptors (Lipinski definition) is 4. The van der Waals surface area contributed by atoms with Gasteiger partial charge in [-0.25, -0.2) is 8.42 Å². The molecule has 1 unspecified atom stereocenters. The van der Waals surface area contributed by atoms with Gasteiger partial charge in [-0.1, -0.05) is 36.4 Å². The summed E-state index contributed by atoms with van der Waals surface area (Å²) in [5.41, 5.74) is 2.34. The van der Waals surface area contributed by atoms with Crippen LogP contribution in [0.15, 0.2) is 65.6 Å². The smallest absolute Gasteiger partial charge is 0.241 e. The predicted molar refractivity (Wildman–Crippen MR) is 130 cm³/mol. The number of carbonyl (C=O) groups is 1. The molecule has 3 aromatic rings. The third-order valence-electron chi connectivity index (χ3n) is 6.06. The minimum atomic E-state index is -3.75. The summed E-state index contributed by atoms with van der Waals surface area (Å²) in [7, 11) is -3.75. The molecule has 1 aromatic heterocycles. The van der Waals surface area contributed by atoms with E-state index in [1.165, 1.54) is 11.1 Å². The fourth-order valence-electron chi connectivity index (χ4n) is 4.27. The summed E-state index contributed by atoms with van der Waals surface area (Å²) in [6.45, 7) is 1.25.